The van der Waals surface area contributed by atoms with Gasteiger partial charge in [0.05, 0.1) is 19.8 Å². The number of rotatable bonds is 8. The molecule has 0 amide bonds. The van der Waals surface area contributed by atoms with Crippen molar-refractivity contribution in [1.29, 1.82) is 0 Å². The van der Waals surface area contributed by atoms with E-state index in [2.05, 4.69) is 47.1 Å². The van der Waals surface area contributed by atoms with Crippen LogP contribution in [0.3, 0.4) is 0 Å². The van der Waals surface area contributed by atoms with E-state index in [1.54, 1.807) is 7.11 Å². The lowest BCUT2D eigenvalue weighted by atomic mass is 10.0. The quantitative estimate of drug-likeness (QED) is 0.415. The van der Waals surface area contributed by atoms with E-state index in [0.717, 1.165) is 62.0 Å². The third-order valence-electron chi connectivity index (χ3n) is 7.24. The van der Waals surface area contributed by atoms with Gasteiger partial charge >= 0.3 is 0 Å². The van der Waals surface area contributed by atoms with Gasteiger partial charge in [-0.3, -0.25) is 0 Å². The average molecular weight is 503 g/mol. The standard InChI is InChI=1S/C30H38N4O3/c1-23-21-33(17-18-36-23)28-20-29(37-22-25-12-14-27(35-2)15-13-25)32-30(31-28)34-16-8-4-7-11-26(34)19-24-9-5-3-6-10-24/h3,5-6,9-10,12-15,20,23,26H,4,7-8,11,16-19,21-22H2,1-2H3. The van der Waals surface area contributed by atoms with Crippen LogP contribution in [0.15, 0.2) is 60.7 Å². The SMILES string of the molecule is COc1ccc(COc2cc(N3CCOC(C)C3)nc(N3CCCCCC3Cc3ccccc3)n2)cc1. The van der Waals surface area contributed by atoms with Gasteiger partial charge in [-0.1, -0.05) is 55.3 Å². The van der Waals surface area contributed by atoms with Crippen LogP contribution in [0.4, 0.5) is 11.8 Å². The largest absolute Gasteiger partial charge is 0.497 e. The zero-order valence-corrected chi connectivity index (χ0v) is 22.0. The second-order valence-corrected chi connectivity index (χ2v) is 10.0. The molecular formula is C30H38N4O3. The Balaban J connectivity index is 1.43. The molecule has 37 heavy (non-hydrogen) atoms. The minimum absolute atomic E-state index is 0.167. The first-order valence-electron chi connectivity index (χ1n) is 13.5. The summed E-state index contributed by atoms with van der Waals surface area (Å²) in [6, 6.07) is 21.1. The van der Waals surface area contributed by atoms with E-state index < -0.39 is 0 Å². The van der Waals surface area contributed by atoms with E-state index in [1.807, 2.05) is 30.3 Å². The molecular weight excluding hydrogens is 464 g/mol. The molecule has 0 radical (unpaired) electrons. The predicted molar refractivity (Wildman–Crippen MR) is 147 cm³/mol. The summed E-state index contributed by atoms with van der Waals surface area (Å²) < 4.78 is 17.3. The number of anilines is 2. The Kier molecular flexibility index (Phi) is 8.41. The van der Waals surface area contributed by atoms with Gasteiger partial charge in [0, 0.05) is 31.7 Å². The topological polar surface area (TPSA) is 60.0 Å². The molecule has 2 aliphatic heterocycles. The smallest absolute Gasteiger partial charge is 0.230 e. The van der Waals surface area contributed by atoms with Gasteiger partial charge in [0.2, 0.25) is 11.8 Å². The molecule has 2 saturated heterocycles. The molecule has 196 valence electrons. The van der Waals surface area contributed by atoms with Crippen molar-refractivity contribution >= 4 is 11.8 Å². The van der Waals surface area contributed by atoms with Gasteiger partial charge in [0.15, 0.2) is 0 Å². The zero-order valence-electron chi connectivity index (χ0n) is 22.0. The van der Waals surface area contributed by atoms with Crippen LogP contribution in [0.25, 0.3) is 0 Å². The number of benzene rings is 2. The Bertz CT molecular complexity index is 1130. The fourth-order valence-electron chi connectivity index (χ4n) is 5.21. The molecule has 3 aromatic rings. The number of ether oxygens (including phenoxy) is 3. The summed E-state index contributed by atoms with van der Waals surface area (Å²) in [6.07, 6.45) is 5.91. The van der Waals surface area contributed by atoms with Gasteiger partial charge < -0.3 is 24.0 Å². The maximum absolute atomic E-state index is 6.26. The molecule has 0 aliphatic carbocycles. The highest BCUT2D eigenvalue weighted by Gasteiger charge is 2.26. The highest BCUT2D eigenvalue weighted by atomic mass is 16.5. The second kappa shape index (κ2) is 12.3. The molecule has 5 rings (SSSR count). The van der Waals surface area contributed by atoms with E-state index in [9.17, 15) is 0 Å². The number of hydrogen-bond acceptors (Lipinski definition) is 7. The molecule has 1 aromatic heterocycles. The molecule has 7 heteroatoms. The van der Waals surface area contributed by atoms with Crippen LogP contribution in [0, 0.1) is 0 Å². The van der Waals surface area contributed by atoms with Gasteiger partial charge in [-0.2, -0.15) is 9.97 Å². The lowest BCUT2D eigenvalue weighted by Crippen LogP contribution is -2.42. The Morgan fingerprint density at radius 3 is 2.57 bits per heavy atom. The third kappa shape index (κ3) is 6.72. The second-order valence-electron chi connectivity index (χ2n) is 10.0. The van der Waals surface area contributed by atoms with Crippen molar-refractivity contribution in [2.45, 2.75) is 57.8 Å². The summed E-state index contributed by atoms with van der Waals surface area (Å²) in [4.78, 5) is 14.8. The molecule has 0 bridgehead atoms. The minimum atomic E-state index is 0.167. The molecule has 0 saturated carbocycles. The lowest BCUT2D eigenvalue weighted by molar-refractivity contribution is 0.0529. The summed E-state index contributed by atoms with van der Waals surface area (Å²) in [6.45, 7) is 5.82. The van der Waals surface area contributed by atoms with E-state index in [-0.39, 0.29) is 6.10 Å². The van der Waals surface area contributed by atoms with Crippen molar-refractivity contribution in [3.63, 3.8) is 0 Å². The molecule has 3 heterocycles. The average Bonchev–Trinajstić information content (AvgIpc) is 3.18. The molecule has 2 fully saturated rings. The monoisotopic (exact) mass is 502 g/mol. The first-order chi connectivity index (χ1) is 18.2. The number of methoxy groups -OCH3 is 1. The maximum atomic E-state index is 6.26. The normalized spacial score (nSPS) is 20.4. The van der Waals surface area contributed by atoms with Gasteiger partial charge in [0.25, 0.3) is 0 Å². The summed E-state index contributed by atoms with van der Waals surface area (Å²) in [7, 11) is 1.68. The first kappa shape index (κ1) is 25.3. The summed E-state index contributed by atoms with van der Waals surface area (Å²) in [5.41, 5.74) is 2.42. The molecule has 2 aromatic carbocycles. The van der Waals surface area contributed by atoms with Crippen molar-refractivity contribution in [3.8, 4) is 11.6 Å². The Labute approximate surface area is 220 Å². The van der Waals surface area contributed by atoms with Crippen molar-refractivity contribution in [2.75, 3.05) is 43.2 Å². The number of aromatic nitrogens is 2. The summed E-state index contributed by atoms with van der Waals surface area (Å²) in [5, 5.41) is 0. The van der Waals surface area contributed by atoms with Crippen molar-refractivity contribution in [2.24, 2.45) is 0 Å². The fraction of sp³-hybridized carbons (Fsp3) is 0.467. The van der Waals surface area contributed by atoms with Gasteiger partial charge in [-0.15, -0.1) is 0 Å². The van der Waals surface area contributed by atoms with Crippen LogP contribution >= 0.6 is 0 Å². The maximum Gasteiger partial charge on any atom is 0.230 e. The van der Waals surface area contributed by atoms with Crippen LogP contribution in [0.2, 0.25) is 0 Å². The van der Waals surface area contributed by atoms with E-state index in [1.165, 1.54) is 18.4 Å². The predicted octanol–water partition coefficient (Wildman–Crippen LogP) is 5.28. The van der Waals surface area contributed by atoms with Crippen LogP contribution in [0.1, 0.15) is 43.7 Å². The Morgan fingerprint density at radius 2 is 1.78 bits per heavy atom. The van der Waals surface area contributed by atoms with Crippen LogP contribution in [-0.2, 0) is 17.8 Å². The highest BCUT2D eigenvalue weighted by Crippen LogP contribution is 2.29. The van der Waals surface area contributed by atoms with Crippen molar-refractivity contribution in [1.82, 2.24) is 9.97 Å². The van der Waals surface area contributed by atoms with E-state index in [0.29, 0.717) is 25.1 Å². The fourth-order valence-corrected chi connectivity index (χ4v) is 5.21. The highest BCUT2D eigenvalue weighted by molar-refractivity contribution is 5.49. The molecule has 0 spiro atoms. The minimum Gasteiger partial charge on any atom is -0.497 e. The van der Waals surface area contributed by atoms with Gasteiger partial charge in [-0.25, -0.2) is 0 Å². The molecule has 2 unspecified atom stereocenters. The molecule has 2 atom stereocenters. The van der Waals surface area contributed by atoms with E-state index in [4.69, 9.17) is 24.2 Å². The van der Waals surface area contributed by atoms with Crippen molar-refractivity contribution in [3.05, 3.63) is 71.8 Å². The summed E-state index contributed by atoms with van der Waals surface area (Å²) >= 11 is 0. The first-order valence-corrected chi connectivity index (χ1v) is 13.5. The number of hydrogen-bond donors (Lipinski definition) is 0. The molecule has 0 N–H and O–H groups in total. The van der Waals surface area contributed by atoms with Crippen molar-refractivity contribution < 1.29 is 14.2 Å². The van der Waals surface area contributed by atoms with Crippen LogP contribution in [0.5, 0.6) is 11.6 Å². The van der Waals surface area contributed by atoms with Crippen LogP contribution < -0.4 is 19.3 Å². The summed E-state index contributed by atoms with van der Waals surface area (Å²) in [5.74, 6) is 3.12. The zero-order chi connectivity index (χ0) is 25.5. The molecule has 7 nitrogen and oxygen atoms in total. The lowest BCUT2D eigenvalue weighted by Gasteiger charge is -2.34. The van der Waals surface area contributed by atoms with Crippen LogP contribution in [-0.4, -0.2) is 55.5 Å². The Hall–Kier alpha value is -3.32. The number of morpholine rings is 1. The van der Waals surface area contributed by atoms with Gasteiger partial charge in [-0.05, 0) is 49.4 Å². The van der Waals surface area contributed by atoms with Gasteiger partial charge in [0.1, 0.15) is 18.2 Å². The third-order valence-corrected chi connectivity index (χ3v) is 7.24. The number of nitrogens with zero attached hydrogens (tertiary/aromatic N) is 4. The van der Waals surface area contributed by atoms with E-state index >= 15 is 0 Å². The molecule has 2 aliphatic rings. The Morgan fingerprint density at radius 1 is 0.946 bits per heavy atom.